The lowest BCUT2D eigenvalue weighted by Gasteiger charge is -2.07. The second-order valence-corrected chi connectivity index (χ2v) is 6.12. The van der Waals surface area contributed by atoms with Gasteiger partial charge in [0.1, 0.15) is 17.4 Å². The molecule has 0 fully saturated rings. The van der Waals surface area contributed by atoms with Crippen molar-refractivity contribution in [2.75, 3.05) is 11.9 Å². The van der Waals surface area contributed by atoms with Crippen molar-refractivity contribution in [2.24, 2.45) is 0 Å². The minimum absolute atomic E-state index is 0.0584. The van der Waals surface area contributed by atoms with Gasteiger partial charge in [-0.05, 0) is 54.8 Å². The third kappa shape index (κ3) is 6.10. The molecule has 2 aromatic carbocycles. The van der Waals surface area contributed by atoms with Crippen LogP contribution in [-0.2, 0) is 4.79 Å². The molecule has 1 amide bonds. The molecule has 1 N–H and O–H groups in total. The molecule has 0 radical (unpaired) electrons. The highest BCUT2D eigenvalue weighted by Gasteiger charge is 2.09. The van der Waals surface area contributed by atoms with Crippen LogP contribution in [0.25, 0.3) is 6.08 Å². The maximum Gasteiger partial charge on any atom is 0.266 e. The summed E-state index contributed by atoms with van der Waals surface area (Å²) in [6.07, 6.45) is 4.93. The van der Waals surface area contributed by atoms with Gasteiger partial charge in [-0.2, -0.15) is 5.26 Å². The largest absolute Gasteiger partial charge is 0.494 e. The molecule has 134 valence electrons. The lowest BCUT2D eigenvalue weighted by atomic mass is 10.1. The first-order valence-electron chi connectivity index (χ1n) is 8.85. The lowest BCUT2D eigenvalue weighted by Crippen LogP contribution is -2.13. The number of nitriles is 1. The van der Waals surface area contributed by atoms with Crippen molar-refractivity contribution in [1.82, 2.24) is 0 Å². The normalized spacial score (nSPS) is 10.9. The van der Waals surface area contributed by atoms with Crippen molar-refractivity contribution in [3.63, 3.8) is 0 Å². The van der Waals surface area contributed by atoms with Gasteiger partial charge in [0.2, 0.25) is 0 Å². The predicted molar refractivity (Wildman–Crippen MR) is 105 cm³/mol. The van der Waals surface area contributed by atoms with Crippen LogP contribution >= 0.6 is 0 Å². The average molecular weight is 348 g/mol. The van der Waals surface area contributed by atoms with Gasteiger partial charge < -0.3 is 10.1 Å². The zero-order valence-corrected chi connectivity index (χ0v) is 15.3. The van der Waals surface area contributed by atoms with Crippen LogP contribution in [0.2, 0.25) is 0 Å². The predicted octanol–water partition coefficient (Wildman–Crippen LogP) is 5.11. The fraction of sp³-hybridized carbons (Fsp3) is 0.273. The highest BCUT2D eigenvalue weighted by Crippen LogP contribution is 2.16. The number of hydrogen-bond donors (Lipinski definition) is 1. The molecule has 0 aromatic heterocycles. The number of unbranched alkanes of at least 4 members (excludes halogenated alkanes) is 2. The molecular formula is C22H24N2O2. The molecule has 0 aliphatic carbocycles. The van der Waals surface area contributed by atoms with Crippen LogP contribution in [0.4, 0.5) is 5.69 Å². The van der Waals surface area contributed by atoms with Gasteiger partial charge in [0, 0.05) is 5.69 Å². The standard InChI is InChI=1S/C22H24N2O2/c1-3-4-5-13-26-21-11-9-18(10-12-21)15-19(16-23)22(25)24-20-8-6-7-17(2)14-20/h6-12,14-15H,3-5,13H2,1-2H3,(H,24,25)/b19-15-. The van der Waals surface area contributed by atoms with Crippen LogP contribution in [0.15, 0.2) is 54.1 Å². The summed E-state index contributed by atoms with van der Waals surface area (Å²) in [5, 5.41) is 12.1. The van der Waals surface area contributed by atoms with Crippen molar-refractivity contribution in [3.8, 4) is 11.8 Å². The molecule has 26 heavy (non-hydrogen) atoms. The topological polar surface area (TPSA) is 62.1 Å². The molecule has 2 rings (SSSR count). The number of benzene rings is 2. The maximum absolute atomic E-state index is 12.3. The quantitative estimate of drug-likeness (QED) is 0.410. The van der Waals surface area contributed by atoms with Crippen molar-refractivity contribution in [3.05, 3.63) is 65.2 Å². The Morgan fingerprint density at radius 2 is 1.96 bits per heavy atom. The van der Waals surface area contributed by atoms with E-state index in [0.717, 1.165) is 36.1 Å². The first kappa shape index (κ1) is 19.3. The average Bonchev–Trinajstić information content (AvgIpc) is 2.64. The van der Waals surface area contributed by atoms with Gasteiger partial charge in [0.05, 0.1) is 6.61 Å². The summed E-state index contributed by atoms with van der Waals surface area (Å²) in [4.78, 5) is 12.3. The second-order valence-electron chi connectivity index (χ2n) is 6.12. The highest BCUT2D eigenvalue weighted by atomic mass is 16.5. The third-order valence-corrected chi connectivity index (χ3v) is 3.85. The van der Waals surface area contributed by atoms with E-state index >= 15 is 0 Å². The molecule has 0 aliphatic heterocycles. The first-order chi connectivity index (χ1) is 12.6. The molecule has 0 unspecified atom stereocenters. The van der Waals surface area contributed by atoms with Crippen LogP contribution in [-0.4, -0.2) is 12.5 Å². The molecule has 0 aliphatic rings. The summed E-state index contributed by atoms with van der Waals surface area (Å²) in [5.41, 5.74) is 2.55. The summed E-state index contributed by atoms with van der Waals surface area (Å²) < 4.78 is 5.67. The van der Waals surface area contributed by atoms with Gasteiger partial charge in [-0.15, -0.1) is 0 Å². The molecule has 4 nitrogen and oxygen atoms in total. The molecule has 0 heterocycles. The minimum atomic E-state index is -0.419. The van der Waals surface area contributed by atoms with Gasteiger partial charge in [-0.3, -0.25) is 4.79 Å². The number of nitrogens with zero attached hydrogens (tertiary/aromatic N) is 1. The van der Waals surface area contributed by atoms with Gasteiger partial charge in [0.25, 0.3) is 5.91 Å². The number of carbonyl (C=O) groups is 1. The van der Waals surface area contributed by atoms with Crippen molar-refractivity contribution >= 4 is 17.7 Å². The molecule has 4 heteroatoms. The number of hydrogen-bond acceptors (Lipinski definition) is 3. The van der Waals surface area contributed by atoms with Crippen LogP contribution in [0, 0.1) is 18.3 Å². The van der Waals surface area contributed by atoms with E-state index in [-0.39, 0.29) is 5.57 Å². The minimum Gasteiger partial charge on any atom is -0.494 e. The van der Waals surface area contributed by atoms with Crippen molar-refractivity contribution < 1.29 is 9.53 Å². The number of aryl methyl sites for hydroxylation is 1. The van der Waals surface area contributed by atoms with Crippen LogP contribution in [0.1, 0.15) is 37.3 Å². The van der Waals surface area contributed by atoms with Gasteiger partial charge in [-0.1, -0.05) is 44.0 Å². The lowest BCUT2D eigenvalue weighted by molar-refractivity contribution is -0.112. The van der Waals surface area contributed by atoms with E-state index < -0.39 is 5.91 Å². The number of rotatable bonds is 8. The van der Waals surface area contributed by atoms with E-state index in [0.29, 0.717) is 12.3 Å². The molecule has 2 aromatic rings. The summed E-state index contributed by atoms with van der Waals surface area (Å²) in [5.74, 6) is 0.374. The Balaban J connectivity index is 2.01. The SMILES string of the molecule is CCCCCOc1ccc(/C=C(/C#N)C(=O)Nc2cccc(C)c2)cc1. The summed E-state index contributed by atoms with van der Waals surface area (Å²) >= 11 is 0. The molecule has 0 atom stereocenters. The van der Waals surface area contributed by atoms with Gasteiger partial charge >= 0.3 is 0 Å². The summed E-state index contributed by atoms with van der Waals surface area (Å²) in [7, 11) is 0. The first-order valence-corrected chi connectivity index (χ1v) is 8.85. The van der Waals surface area contributed by atoms with Gasteiger partial charge in [0.15, 0.2) is 0 Å². The number of nitrogens with one attached hydrogen (secondary N) is 1. The number of ether oxygens (including phenoxy) is 1. The Bertz CT molecular complexity index is 802. The number of carbonyl (C=O) groups excluding carboxylic acids is 1. The van der Waals surface area contributed by atoms with Crippen molar-refractivity contribution in [2.45, 2.75) is 33.1 Å². The Kier molecular flexibility index (Phi) is 7.45. The smallest absolute Gasteiger partial charge is 0.266 e. The molecule has 0 spiro atoms. The number of anilines is 1. The molecule has 0 saturated heterocycles. The fourth-order valence-corrected chi connectivity index (χ4v) is 2.44. The van der Waals surface area contributed by atoms with E-state index in [1.165, 1.54) is 0 Å². The summed E-state index contributed by atoms with van der Waals surface area (Å²) in [6, 6.07) is 16.8. The Morgan fingerprint density at radius 3 is 2.62 bits per heavy atom. The Morgan fingerprint density at radius 1 is 1.19 bits per heavy atom. The fourth-order valence-electron chi connectivity index (χ4n) is 2.44. The van der Waals surface area contributed by atoms with Crippen LogP contribution < -0.4 is 10.1 Å². The van der Waals surface area contributed by atoms with E-state index in [2.05, 4.69) is 12.2 Å². The van der Waals surface area contributed by atoms with Gasteiger partial charge in [-0.25, -0.2) is 0 Å². The molecular weight excluding hydrogens is 324 g/mol. The van der Waals surface area contributed by atoms with E-state index in [1.54, 1.807) is 12.1 Å². The number of amides is 1. The third-order valence-electron chi connectivity index (χ3n) is 3.85. The van der Waals surface area contributed by atoms with E-state index in [4.69, 9.17) is 4.74 Å². The van der Waals surface area contributed by atoms with E-state index in [9.17, 15) is 10.1 Å². The molecule has 0 saturated carbocycles. The van der Waals surface area contributed by atoms with Crippen LogP contribution in [0.5, 0.6) is 5.75 Å². The van der Waals surface area contributed by atoms with Crippen LogP contribution in [0.3, 0.4) is 0 Å². The molecule has 0 bridgehead atoms. The zero-order valence-electron chi connectivity index (χ0n) is 15.3. The Hall–Kier alpha value is -3.06. The maximum atomic E-state index is 12.3. The zero-order chi connectivity index (χ0) is 18.8. The van der Waals surface area contributed by atoms with Crippen molar-refractivity contribution in [1.29, 1.82) is 5.26 Å². The van der Waals surface area contributed by atoms with E-state index in [1.807, 2.05) is 55.5 Å². The Labute approximate surface area is 155 Å². The summed E-state index contributed by atoms with van der Waals surface area (Å²) in [6.45, 7) is 4.80. The highest BCUT2D eigenvalue weighted by molar-refractivity contribution is 6.09. The second kappa shape index (κ2) is 10.0. The monoisotopic (exact) mass is 348 g/mol.